The lowest BCUT2D eigenvalue weighted by Gasteiger charge is -2.47. The molecule has 0 radical (unpaired) electrons. The van der Waals surface area contributed by atoms with Gasteiger partial charge in [-0.3, -0.25) is 4.79 Å². The number of carbonyl (C=O) groups excluding carboxylic acids is 1. The van der Waals surface area contributed by atoms with Crippen LogP contribution in [0.2, 0.25) is 0 Å². The molecule has 1 saturated carbocycles. The molecule has 4 nitrogen and oxygen atoms in total. The maximum absolute atomic E-state index is 12.5. The van der Waals surface area contributed by atoms with E-state index in [1.54, 1.807) is 7.11 Å². The first-order valence-electron chi connectivity index (χ1n) is 9.30. The summed E-state index contributed by atoms with van der Waals surface area (Å²) in [4.78, 5) is 12.5. The van der Waals surface area contributed by atoms with Crippen molar-refractivity contribution < 1.29 is 14.3 Å². The Morgan fingerprint density at radius 3 is 2.58 bits per heavy atom. The average Bonchev–Trinajstić information content (AvgIpc) is 3.10. The Kier molecular flexibility index (Phi) is 5.05. The largest absolute Gasteiger partial charge is 0.384 e. The van der Waals surface area contributed by atoms with Crippen LogP contribution in [0.15, 0.2) is 54.6 Å². The summed E-state index contributed by atoms with van der Waals surface area (Å²) in [6.07, 6.45) is 1.69. The highest BCUT2D eigenvalue weighted by Crippen LogP contribution is 2.43. The summed E-state index contributed by atoms with van der Waals surface area (Å²) < 4.78 is 11.1. The van der Waals surface area contributed by atoms with Crippen LogP contribution in [0.25, 0.3) is 11.1 Å². The van der Waals surface area contributed by atoms with Crippen molar-refractivity contribution in [2.75, 3.05) is 20.3 Å². The fraction of sp³-hybridized carbons (Fsp3) is 0.409. The van der Waals surface area contributed by atoms with E-state index in [4.69, 9.17) is 9.47 Å². The van der Waals surface area contributed by atoms with Gasteiger partial charge in [0.1, 0.15) is 0 Å². The van der Waals surface area contributed by atoms with Crippen molar-refractivity contribution in [1.82, 2.24) is 5.32 Å². The Balaban J connectivity index is 1.36. The molecule has 1 saturated heterocycles. The molecular formula is C22H25NO3. The molecule has 1 heterocycles. The van der Waals surface area contributed by atoms with Gasteiger partial charge in [0.15, 0.2) is 0 Å². The van der Waals surface area contributed by atoms with E-state index in [0.717, 1.165) is 18.6 Å². The number of carbonyl (C=O) groups is 1. The van der Waals surface area contributed by atoms with Crippen LogP contribution in [0.3, 0.4) is 0 Å². The molecule has 1 amide bonds. The van der Waals surface area contributed by atoms with E-state index >= 15 is 0 Å². The van der Waals surface area contributed by atoms with Crippen molar-refractivity contribution in [3.8, 4) is 11.1 Å². The molecule has 4 heteroatoms. The Morgan fingerprint density at radius 2 is 1.85 bits per heavy atom. The fourth-order valence-corrected chi connectivity index (χ4v) is 4.30. The number of hydrogen-bond acceptors (Lipinski definition) is 3. The molecule has 2 aliphatic rings. The first-order chi connectivity index (χ1) is 12.8. The molecule has 2 aromatic rings. The van der Waals surface area contributed by atoms with E-state index in [0.29, 0.717) is 18.9 Å². The third-order valence-electron chi connectivity index (χ3n) is 5.64. The van der Waals surface area contributed by atoms with E-state index in [-0.39, 0.29) is 24.0 Å². The second kappa shape index (κ2) is 7.60. The smallest absolute Gasteiger partial charge is 0.224 e. The van der Waals surface area contributed by atoms with Crippen LogP contribution in [0.1, 0.15) is 12.0 Å². The number of fused-ring (bicyclic) bond motifs is 1. The average molecular weight is 351 g/mol. The van der Waals surface area contributed by atoms with Crippen molar-refractivity contribution >= 4 is 5.91 Å². The van der Waals surface area contributed by atoms with Gasteiger partial charge in [-0.05, 0) is 23.1 Å². The number of benzene rings is 2. The van der Waals surface area contributed by atoms with Crippen LogP contribution < -0.4 is 5.32 Å². The molecule has 0 aromatic heterocycles. The monoisotopic (exact) mass is 351 g/mol. The minimum atomic E-state index is 0.0777. The van der Waals surface area contributed by atoms with Crippen molar-refractivity contribution in [2.45, 2.75) is 25.0 Å². The predicted molar refractivity (Wildman–Crippen MR) is 101 cm³/mol. The summed E-state index contributed by atoms with van der Waals surface area (Å²) >= 11 is 0. The zero-order valence-electron chi connectivity index (χ0n) is 15.1. The van der Waals surface area contributed by atoms with Gasteiger partial charge in [-0.25, -0.2) is 0 Å². The topological polar surface area (TPSA) is 47.6 Å². The first kappa shape index (κ1) is 17.3. The third kappa shape index (κ3) is 3.39. The predicted octanol–water partition coefficient (Wildman–Crippen LogP) is 3.06. The van der Waals surface area contributed by atoms with Gasteiger partial charge in [-0.1, -0.05) is 54.6 Å². The molecule has 26 heavy (non-hydrogen) atoms. The van der Waals surface area contributed by atoms with E-state index in [1.165, 1.54) is 11.1 Å². The van der Waals surface area contributed by atoms with Crippen molar-refractivity contribution in [1.29, 1.82) is 0 Å². The Labute approximate surface area is 154 Å². The zero-order chi connectivity index (χ0) is 17.9. The number of hydrogen-bond donors (Lipinski definition) is 1. The van der Waals surface area contributed by atoms with Crippen molar-refractivity contribution in [3.63, 3.8) is 0 Å². The minimum absolute atomic E-state index is 0.0777. The molecule has 2 aromatic carbocycles. The lowest BCUT2D eigenvalue weighted by molar-refractivity contribution is -0.129. The highest BCUT2D eigenvalue weighted by Gasteiger charge is 2.54. The molecule has 0 spiro atoms. The van der Waals surface area contributed by atoms with Crippen molar-refractivity contribution in [2.24, 2.45) is 11.8 Å². The third-order valence-corrected chi connectivity index (χ3v) is 5.64. The molecule has 1 aliphatic heterocycles. The van der Waals surface area contributed by atoms with Gasteiger partial charge in [0.2, 0.25) is 5.91 Å². The summed E-state index contributed by atoms with van der Waals surface area (Å²) in [5, 5.41) is 3.22. The standard InChI is InChI=1S/C22H25NO3/c1-25-14-19-21(18-11-12-26-22(18)19)23-20(24)13-15-7-9-17(10-8-15)16-5-3-2-4-6-16/h2-10,18-19,21-22H,11-14H2,1H3,(H,23,24)/t18-,19+,21-,22-/m0/s1. The van der Waals surface area contributed by atoms with Gasteiger partial charge in [-0.2, -0.15) is 0 Å². The Morgan fingerprint density at radius 1 is 1.12 bits per heavy atom. The maximum atomic E-state index is 12.5. The summed E-state index contributed by atoms with van der Waals surface area (Å²) in [7, 11) is 1.70. The van der Waals surface area contributed by atoms with E-state index < -0.39 is 0 Å². The quantitative estimate of drug-likeness (QED) is 0.870. The molecule has 4 atom stereocenters. The molecule has 4 rings (SSSR count). The van der Waals surface area contributed by atoms with Gasteiger partial charge in [-0.15, -0.1) is 0 Å². The van der Waals surface area contributed by atoms with E-state index in [9.17, 15) is 4.79 Å². The maximum Gasteiger partial charge on any atom is 0.224 e. The van der Waals surface area contributed by atoms with Gasteiger partial charge in [0.05, 0.1) is 19.1 Å². The lowest BCUT2D eigenvalue weighted by atomic mass is 9.67. The second-order valence-electron chi connectivity index (χ2n) is 7.24. The molecule has 0 unspecified atom stereocenters. The lowest BCUT2D eigenvalue weighted by Crippen LogP contribution is -2.62. The van der Waals surface area contributed by atoms with Gasteiger partial charge < -0.3 is 14.8 Å². The Hall–Kier alpha value is -2.17. The normalized spacial score (nSPS) is 26.8. The van der Waals surface area contributed by atoms with E-state index in [2.05, 4.69) is 29.6 Å². The van der Waals surface area contributed by atoms with Crippen LogP contribution >= 0.6 is 0 Å². The number of methoxy groups -OCH3 is 1. The number of nitrogens with one attached hydrogen (secondary N) is 1. The van der Waals surface area contributed by atoms with Crippen molar-refractivity contribution in [3.05, 3.63) is 60.2 Å². The van der Waals surface area contributed by atoms with Crippen LogP contribution in [0.5, 0.6) is 0 Å². The van der Waals surface area contributed by atoms with Gasteiger partial charge in [0, 0.05) is 31.6 Å². The zero-order valence-corrected chi connectivity index (χ0v) is 15.1. The summed E-state index contributed by atoms with van der Waals surface area (Å²) in [6, 6.07) is 18.7. The minimum Gasteiger partial charge on any atom is -0.384 e. The molecule has 1 N–H and O–H groups in total. The molecular weight excluding hydrogens is 326 g/mol. The molecule has 2 fully saturated rings. The van der Waals surface area contributed by atoms with Gasteiger partial charge >= 0.3 is 0 Å². The number of amides is 1. The molecule has 0 bridgehead atoms. The molecule has 1 aliphatic carbocycles. The fourth-order valence-electron chi connectivity index (χ4n) is 4.30. The number of rotatable bonds is 6. The van der Waals surface area contributed by atoms with E-state index in [1.807, 2.05) is 30.3 Å². The highest BCUT2D eigenvalue weighted by atomic mass is 16.5. The van der Waals surface area contributed by atoms with Crippen LogP contribution in [-0.4, -0.2) is 38.4 Å². The van der Waals surface area contributed by atoms with Crippen LogP contribution in [-0.2, 0) is 20.7 Å². The summed E-state index contributed by atoms with van der Waals surface area (Å²) in [5.41, 5.74) is 3.39. The first-order valence-corrected chi connectivity index (χ1v) is 9.30. The van der Waals surface area contributed by atoms with Crippen LogP contribution in [0, 0.1) is 11.8 Å². The Bertz CT molecular complexity index is 744. The van der Waals surface area contributed by atoms with Crippen LogP contribution in [0.4, 0.5) is 0 Å². The van der Waals surface area contributed by atoms with Gasteiger partial charge in [0.25, 0.3) is 0 Å². The SMILES string of the molecule is COC[C@@H]1[C@@H](NC(=O)Cc2ccc(-c3ccccc3)cc2)[C@@H]2CCO[C@H]12. The highest BCUT2D eigenvalue weighted by molar-refractivity contribution is 5.79. The number of ether oxygens (including phenoxy) is 2. The summed E-state index contributed by atoms with van der Waals surface area (Å²) in [5.74, 6) is 0.797. The summed E-state index contributed by atoms with van der Waals surface area (Å²) in [6.45, 7) is 1.43. The molecule has 136 valence electrons. The second-order valence-corrected chi connectivity index (χ2v) is 7.24.